The maximum absolute atomic E-state index is 11.4. The molecule has 96 valence electrons. The Morgan fingerprint density at radius 1 is 1.39 bits per heavy atom. The van der Waals surface area contributed by atoms with Crippen molar-refractivity contribution in [3.05, 3.63) is 39.9 Å². The molecule has 0 heterocycles. The van der Waals surface area contributed by atoms with E-state index in [2.05, 4.69) is 5.32 Å². The number of hydrogen-bond acceptors (Lipinski definition) is 2. The fraction of sp³-hybridized carbons (Fsp3) is 0.167. The van der Waals surface area contributed by atoms with Gasteiger partial charge in [-0.2, -0.15) is 0 Å². The predicted molar refractivity (Wildman–Crippen MR) is 72.3 cm³/mol. The highest BCUT2D eigenvalue weighted by Gasteiger charge is 2.09. The smallest absolute Gasteiger partial charge is 0.244 e. The maximum atomic E-state index is 11.4. The number of nitrogens with one attached hydrogen (secondary N) is 1. The molecule has 2 amide bonds. The molecule has 0 spiro atoms. The van der Waals surface area contributed by atoms with E-state index in [1.807, 2.05) is 0 Å². The Hall–Kier alpha value is -1.52. The van der Waals surface area contributed by atoms with Gasteiger partial charge in [0.1, 0.15) is 6.04 Å². The molecule has 0 aliphatic heterocycles. The van der Waals surface area contributed by atoms with Crippen LogP contribution in [0, 0.1) is 0 Å². The molecule has 0 bridgehead atoms. The second-order valence-electron chi connectivity index (χ2n) is 3.63. The molecule has 0 saturated carbocycles. The van der Waals surface area contributed by atoms with Gasteiger partial charge in [-0.15, -0.1) is 0 Å². The number of carbonyl (C=O) groups excluding carboxylic acids is 2. The standard InChI is InChI=1S/C12H12Cl2N2O2/c1-7(12(15)18)16-11(17)5-3-8-2-4-9(13)6-10(8)14/h2-7H,1H3,(H2,15,18)(H,16,17)/b5-3+/t7-/m1/s1. The number of halogens is 2. The first-order valence-corrected chi connectivity index (χ1v) is 5.88. The van der Waals surface area contributed by atoms with E-state index in [1.54, 1.807) is 18.2 Å². The quantitative estimate of drug-likeness (QED) is 0.831. The number of primary amides is 1. The van der Waals surface area contributed by atoms with Crippen LogP contribution < -0.4 is 11.1 Å². The third-order valence-corrected chi connectivity index (χ3v) is 2.72. The van der Waals surface area contributed by atoms with Crippen LogP contribution in [-0.2, 0) is 9.59 Å². The predicted octanol–water partition coefficient (Wildman–Crippen LogP) is 2.00. The first-order chi connectivity index (χ1) is 8.40. The lowest BCUT2D eigenvalue weighted by atomic mass is 10.2. The third kappa shape index (κ3) is 4.39. The zero-order valence-electron chi connectivity index (χ0n) is 9.61. The highest BCUT2D eigenvalue weighted by atomic mass is 35.5. The van der Waals surface area contributed by atoms with Crippen molar-refractivity contribution in [1.82, 2.24) is 5.32 Å². The van der Waals surface area contributed by atoms with Crippen molar-refractivity contribution in [3.63, 3.8) is 0 Å². The Kier molecular flexibility index (Phi) is 5.19. The van der Waals surface area contributed by atoms with Crippen LogP contribution in [0.2, 0.25) is 10.0 Å². The van der Waals surface area contributed by atoms with E-state index in [-0.39, 0.29) is 0 Å². The van der Waals surface area contributed by atoms with E-state index in [4.69, 9.17) is 28.9 Å². The molecule has 1 atom stereocenters. The minimum atomic E-state index is -0.720. The molecule has 0 fully saturated rings. The van der Waals surface area contributed by atoms with Gasteiger partial charge < -0.3 is 11.1 Å². The summed E-state index contributed by atoms with van der Waals surface area (Å²) < 4.78 is 0. The van der Waals surface area contributed by atoms with Crippen LogP contribution in [0.1, 0.15) is 12.5 Å². The number of benzene rings is 1. The van der Waals surface area contributed by atoms with Crippen molar-refractivity contribution in [2.24, 2.45) is 5.73 Å². The highest BCUT2D eigenvalue weighted by molar-refractivity contribution is 6.35. The van der Waals surface area contributed by atoms with Crippen LogP contribution >= 0.6 is 23.2 Å². The molecule has 0 aliphatic carbocycles. The van der Waals surface area contributed by atoms with Gasteiger partial charge in [-0.1, -0.05) is 29.3 Å². The summed E-state index contributed by atoms with van der Waals surface area (Å²) >= 11 is 11.7. The van der Waals surface area contributed by atoms with E-state index in [0.717, 1.165) is 0 Å². The Morgan fingerprint density at radius 2 is 2.06 bits per heavy atom. The van der Waals surface area contributed by atoms with Gasteiger partial charge in [0.15, 0.2) is 0 Å². The van der Waals surface area contributed by atoms with Crippen LogP contribution in [-0.4, -0.2) is 17.9 Å². The van der Waals surface area contributed by atoms with E-state index >= 15 is 0 Å². The normalized spacial score (nSPS) is 12.4. The summed E-state index contributed by atoms with van der Waals surface area (Å²) in [7, 11) is 0. The molecule has 1 aromatic carbocycles. The van der Waals surface area contributed by atoms with Crippen molar-refractivity contribution in [2.45, 2.75) is 13.0 Å². The van der Waals surface area contributed by atoms with Crippen molar-refractivity contribution in [1.29, 1.82) is 0 Å². The van der Waals surface area contributed by atoms with Crippen LogP contribution in [0.3, 0.4) is 0 Å². The molecule has 0 unspecified atom stereocenters. The summed E-state index contributed by atoms with van der Waals surface area (Å²) in [4.78, 5) is 22.2. The average molecular weight is 287 g/mol. The Bertz CT molecular complexity index is 501. The van der Waals surface area contributed by atoms with Gasteiger partial charge in [-0.3, -0.25) is 9.59 Å². The minimum absolute atomic E-state index is 0.424. The molecular weight excluding hydrogens is 275 g/mol. The topological polar surface area (TPSA) is 72.2 Å². The fourth-order valence-electron chi connectivity index (χ4n) is 1.13. The van der Waals surface area contributed by atoms with Crippen molar-refractivity contribution in [3.8, 4) is 0 Å². The van der Waals surface area contributed by atoms with Crippen molar-refractivity contribution in [2.75, 3.05) is 0 Å². The molecule has 4 nitrogen and oxygen atoms in total. The molecule has 0 radical (unpaired) electrons. The number of rotatable bonds is 4. The molecule has 0 saturated heterocycles. The summed E-state index contributed by atoms with van der Waals surface area (Å²) in [6.07, 6.45) is 2.80. The van der Waals surface area contributed by atoms with Crippen LogP contribution in [0.4, 0.5) is 0 Å². The lowest BCUT2D eigenvalue weighted by Gasteiger charge is -2.07. The number of nitrogens with two attached hydrogens (primary N) is 1. The van der Waals surface area contributed by atoms with Gasteiger partial charge >= 0.3 is 0 Å². The van der Waals surface area contributed by atoms with E-state index < -0.39 is 17.9 Å². The van der Waals surface area contributed by atoms with Crippen molar-refractivity contribution < 1.29 is 9.59 Å². The van der Waals surface area contributed by atoms with Gasteiger partial charge in [0.2, 0.25) is 11.8 Å². The molecular formula is C12H12Cl2N2O2. The first kappa shape index (κ1) is 14.5. The van der Waals surface area contributed by atoms with Gasteiger partial charge in [-0.25, -0.2) is 0 Å². The molecule has 1 aromatic rings. The monoisotopic (exact) mass is 286 g/mol. The van der Waals surface area contributed by atoms with Gasteiger partial charge in [0, 0.05) is 16.1 Å². The number of amides is 2. The van der Waals surface area contributed by atoms with Crippen LogP contribution in [0.25, 0.3) is 6.08 Å². The zero-order valence-corrected chi connectivity index (χ0v) is 11.1. The van der Waals surface area contributed by atoms with Gasteiger partial charge in [0.25, 0.3) is 0 Å². The maximum Gasteiger partial charge on any atom is 0.244 e. The van der Waals surface area contributed by atoms with Crippen LogP contribution in [0.15, 0.2) is 24.3 Å². The van der Waals surface area contributed by atoms with Crippen LogP contribution in [0.5, 0.6) is 0 Å². The first-order valence-electron chi connectivity index (χ1n) is 5.13. The van der Waals surface area contributed by atoms with Crippen molar-refractivity contribution >= 4 is 41.1 Å². The SMILES string of the molecule is C[C@@H](NC(=O)/C=C/c1ccc(Cl)cc1Cl)C(N)=O. The van der Waals surface area contributed by atoms with Gasteiger partial charge in [0.05, 0.1) is 0 Å². The number of carbonyl (C=O) groups is 2. The Labute approximate surface area is 115 Å². The summed E-state index contributed by atoms with van der Waals surface area (Å²) in [6.45, 7) is 1.50. The molecule has 3 N–H and O–H groups in total. The minimum Gasteiger partial charge on any atom is -0.368 e. The Morgan fingerprint density at radius 3 is 2.61 bits per heavy atom. The van der Waals surface area contributed by atoms with E-state index in [1.165, 1.54) is 19.1 Å². The third-order valence-electron chi connectivity index (χ3n) is 2.16. The summed E-state index contributed by atoms with van der Waals surface area (Å²) in [5, 5.41) is 3.37. The molecule has 1 rings (SSSR count). The highest BCUT2D eigenvalue weighted by Crippen LogP contribution is 2.21. The largest absolute Gasteiger partial charge is 0.368 e. The Balaban J connectivity index is 2.69. The molecule has 6 heteroatoms. The van der Waals surface area contributed by atoms with E-state index in [9.17, 15) is 9.59 Å². The molecule has 0 aromatic heterocycles. The summed E-state index contributed by atoms with van der Waals surface area (Å²) in [5.74, 6) is -1.02. The number of hydrogen-bond donors (Lipinski definition) is 2. The van der Waals surface area contributed by atoms with E-state index in [0.29, 0.717) is 15.6 Å². The summed E-state index contributed by atoms with van der Waals surface area (Å²) in [5.41, 5.74) is 5.67. The lowest BCUT2D eigenvalue weighted by Crippen LogP contribution is -2.41. The summed E-state index contributed by atoms with van der Waals surface area (Å²) in [6, 6.07) is 4.21. The second kappa shape index (κ2) is 6.42. The van der Waals surface area contributed by atoms with Gasteiger partial charge in [-0.05, 0) is 30.7 Å². The molecule has 0 aliphatic rings. The fourth-order valence-corrected chi connectivity index (χ4v) is 1.61. The average Bonchev–Trinajstić information content (AvgIpc) is 2.27. The second-order valence-corrected chi connectivity index (χ2v) is 4.48. The zero-order chi connectivity index (χ0) is 13.7. The lowest BCUT2D eigenvalue weighted by molar-refractivity contribution is -0.124. The molecule has 18 heavy (non-hydrogen) atoms.